The molecule has 1 aromatic carbocycles. The van der Waals surface area contributed by atoms with Crippen LogP contribution in [0.1, 0.15) is 26.5 Å². The predicted octanol–water partition coefficient (Wildman–Crippen LogP) is 2.55. The molecule has 0 bridgehead atoms. The van der Waals surface area contributed by atoms with Crippen LogP contribution in [-0.4, -0.2) is 27.4 Å². The van der Waals surface area contributed by atoms with E-state index in [4.69, 9.17) is 0 Å². The smallest absolute Gasteiger partial charge is 0.0859 e. The topological polar surface area (TPSA) is 53.4 Å². The van der Waals surface area contributed by atoms with E-state index in [9.17, 15) is 10.2 Å². The third-order valence-corrected chi connectivity index (χ3v) is 3.33. The van der Waals surface area contributed by atoms with E-state index in [-0.39, 0.29) is 5.41 Å². The van der Waals surface area contributed by atoms with Gasteiger partial charge in [-0.3, -0.25) is 4.98 Å². The van der Waals surface area contributed by atoms with Crippen LogP contribution in [0.25, 0.3) is 10.9 Å². The van der Waals surface area contributed by atoms with Crippen LogP contribution in [0.5, 0.6) is 0 Å². The summed E-state index contributed by atoms with van der Waals surface area (Å²) in [6.45, 7) is 5.73. The van der Waals surface area contributed by atoms with Crippen molar-refractivity contribution in [3.8, 4) is 0 Å². The molecule has 0 fully saturated rings. The molecule has 0 aliphatic carbocycles. The molecule has 1 heterocycles. The summed E-state index contributed by atoms with van der Waals surface area (Å²) in [4.78, 5) is 4.51. The van der Waals surface area contributed by atoms with E-state index in [0.717, 1.165) is 16.6 Å². The van der Waals surface area contributed by atoms with Crippen molar-refractivity contribution < 1.29 is 10.2 Å². The number of pyridine rings is 1. The van der Waals surface area contributed by atoms with Crippen molar-refractivity contribution in [2.24, 2.45) is 5.41 Å². The molecule has 0 spiro atoms. The van der Waals surface area contributed by atoms with Crippen molar-refractivity contribution in [1.82, 2.24) is 4.98 Å². The molecular formula is C16H21NO2. The molecule has 2 aromatic rings. The Kier molecular flexibility index (Phi) is 3.88. The Labute approximate surface area is 113 Å². The van der Waals surface area contributed by atoms with Gasteiger partial charge in [0.25, 0.3) is 0 Å². The van der Waals surface area contributed by atoms with Crippen LogP contribution in [0, 0.1) is 5.41 Å². The molecule has 1 aromatic heterocycles. The van der Waals surface area contributed by atoms with E-state index in [1.807, 2.05) is 57.2 Å². The Bertz CT molecular complexity index is 560. The van der Waals surface area contributed by atoms with E-state index in [0.29, 0.717) is 6.42 Å². The number of para-hydroxylation sites is 1. The number of fused-ring (bicyclic) bond motifs is 1. The summed E-state index contributed by atoms with van der Waals surface area (Å²) in [6, 6.07) is 11.8. The van der Waals surface area contributed by atoms with Crippen molar-refractivity contribution in [2.45, 2.75) is 39.4 Å². The molecule has 2 atom stereocenters. The number of aromatic nitrogens is 1. The average Bonchev–Trinajstić information content (AvgIpc) is 2.36. The number of aliphatic hydroxyl groups is 2. The summed E-state index contributed by atoms with van der Waals surface area (Å²) in [5.74, 6) is 0. The van der Waals surface area contributed by atoms with Crippen LogP contribution in [0.2, 0.25) is 0 Å². The molecule has 3 heteroatoms. The summed E-state index contributed by atoms with van der Waals surface area (Å²) in [5.41, 5.74) is 1.38. The lowest BCUT2D eigenvalue weighted by molar-refractivity contribution is -0.0437. The molecular weight excluding hydrogens is 238 g/mol. The summed E-state index contributed by atoms with van der Waals surface area (Å²) in [7, 11) is 0. The minimum Gasteiger partial charge on any atom is -0.390 e. The van der Waals surface area contributed by atoms with Gasteiger partial charge < -0.3 is 10.2 Å². The van der Waals surface area contributed by atoms with Crippen molar-refractivity contribution in [3.63, 3.8) is 0 Å². The van der Waals surface area contributed by atoms with Crippen molar-refractivity contribution in [1.29, 1.82) is 0 Å². The maximum absolute atomic E-state index is 10.1. The van der Waals surface area contributed by atoms with E-state index >= 15 is 0 Å². The highest BCUT2D eigenvalue weighted by Crippen LogP contribution is 2.23. The van der Waals surface area contributed by atoms with Crippen LogP contribution < -0.4 is 0 Å². The van der Waals surface area contributed by atoms with Crippen molar-refractivity contribution in [2.75, 3.05) is 0 Å². The number of nitrogens with zero attached hydrogens (tertiary/aromatic N) is 1. The summed E-state index contributed by atoms with van der Waals surface area (Å²) >= 11 is 0. The molecule has 102 valence electrons. The third kappa shape index (κ3) is 3.31. The Morgan fingerprint density at radius 2 is 1.74 bits per heavy atom. The van der Waals surface area contributed by atoms with E-state index in [1.165, 1.54) is 0 Å². The third-order valence-electron chi connectivity index (χ3n) is 3.33. The van der Waals surface area contributed by atoms with Crippen LogP contribution in [0.4, 0.5) is 0 Å². The molecule has 3 nitrogen and oxygen atoms in total. The first-order valence-corrected chi connectivity index (χ1v) is 6.59. The molecule has 19 heavy (non-hydrogen) atoms. The Morgan fingerprint density at radius 1 is 1.05 bits per heavy atom. The molecule has 2 unspecified atom stereocenters. The zero-order chi connectivity index (χ0) is 14.0. The Balaban J connectivity index is 2.17. The number of rotatable bonds is 3. The molecule has 0 amide bonds. The van der Waals surface area contributed by atoms with Crippen LogP contribution in [-0.2, 0) is 6.42 Å². The second-order valence-electron chi connectivity index (χ2n) is 6.08. The van der Waals surface area contributed by atoms with Gasteiger partial charge in [-0.2, -0.15) is 0 Å². The first-order valence-electron chi connectivity index (χ1n) is 6.59. The highest BCUT2D eigenvalue weighted by molar-refractivity contribution is 5.78. The number of hydrogen-bond acceptors (Lipinski definition) is 3. The van der Waals surface area contributed by atoms with Gasteiger partial charge in [-0.05, 0) is 17.5 Å². The first-order chi connectivity index (χ1) is 8.88. The van der Waals surface area contributed by atoms with Gasteiger partial charge in [-0.1, -0.05) is 45.0 Å². The lowest BCUT2D eigenvalue weighted by atomic mass is 9.84. The summed E-state index contributed by atoms with van der Waals surface area (Å²) < 4.78 is 0. The number of hydrogen-bond donors (Lipinski definition) is 2. The van der Waals surface area contributed by atoms with Crippen molar-refractivity contribution >= 4 is 10.9 Å². The largest absolute Gasteiger partial charge is 0.390 e. The monoisotopic (exact) mass is 259 g/mol. The Morgan fingerprint density at radius 3 is 2.42 bits per heavy atom. The Hall–Kier alpha value is -1.45. The van der Waals surface area contributed by atoms with Gasteiger partial charge in [-0.15, -0.1) is 0 Å². The molecule has 0 radical (unpaired) electrons. The molecule has 0 saturated carbocycles. The van der Waals surface area contributed by atoms with Crippen LogP contribution in [0.15, 0.2) is 36.4 Å². The van der Waals surface area contributed by atoms with Crippen LogP contribution >= 0.6 is 0 Å². The normalized spacial score (nSPS) is 15.4. The SMILES string of the molecule is CC(C)(C)C(O)C(O)Cc1ccc2ccccc2n1. The van der Waals surface area contributed by atoms with E-state index in [1.54, 1.807) is 0 Å². The quantitative estimate of drug-likeness (QED) is 0.890. The van der Waals surface area contributed by atoms with Gasteiger partial charge in [0, 0.05) is 17.5 Å². The second-order valence-corrected chi connectivity index (χ2v) is 6.08. The highest BCUT2D eigenvalue weighted by atomic mass is 16.3. The minimum atomic E-state index is -0.798. The van der Waals surface area contributed by atoms with Gasteiger partial charge in [0.05, 0.1) is 17.7 Å². The van der Waals surface area contributed by atoms with Crippen molar-refractivity contribution in [3.05, 3.63) is 42.1 Å². The number of benzene rings is 1. The van der Waals surface area contributed by atoms with E-state index in [2.05, 4.69) is 4.98 Å². The molecule has 0 saturated heterocycles. The fourth-order valence-electron chi connectivity index (χ4n) is 2.12. The number of aliphatic hydroxyl groups excluding tert-OH is 2. The first kappa shape index (κ1) is 14.0. The summed E-state index contributed by atoms with van der Waals surface area (Å²) in [5, 5.41) is 21.2. The van der Waals surface area contributed by atoms with Gasteiger partial charge in [-0.25, -0.2) is 0 Å². The zero-order valence-corrected chi connectivity index (χ0v) is 11.7. The van der Waals surface area contributed by atoms with Gasteiger partial charge in [0.15, 0.2) is 0 Å². The lowest BCUT2D eigenvalue weighted by Gasteiger charge is -2.29. The maximum atomic E-state index is 10.1. The molecule has 0 aliphatic rings. The second kappa shape index (κ2) is 5.27. The predicted molar refractivity (Wildman–Crippen MR) is 76.9 cm³/mol. The average molecular weight is 259 g/mol. The fraction of sp³-hybridized carbons (Fsp3) is 0.438. The molecule has 2 rings (SSSR count). The standard InChI is InChI=1S/C16H21NO2/c1-16(2,3)15(19)14(18)10-12-9-8-11-6-4-5-7-13(11)17-12/h4-9,14-15,18-19H,10H2,1-3H3. The lowest BCUT2D eigenvalue weighted by Crippen LogP contribution is -2.39. The van der Waals surface area contributed by atoms with Crippen LogP contribution in [0.3, 0.4) is 0 Å². The zero-order valence-electron chi connectivity index (χ0n) is 11.7. The van der Waals surface area contributed by atoms with Gasteiger partial charge in [0.2, 0.25) is 0 Å². The minimum absolute atomic E-state index is 0.337. The molecule has 0 aliphatic heterocycles. The fourth-order valence-corrected chi connectivity index (χ4v) is 2.12. The van der Waals surface area contributed by atoms with E-state index < -0.39 is 12.2 Å². The molecule has 2 N–H and O–H groups in total. The highest BCUT2D eigenvalue weighted by Gasteiger charge is 2.29. The maximum Gasteiger partial charge on any atom is 0.0859 e. The van der Waals surface area contributed by atoms with Gasteiger partial charge >= 0.3 is 0 Å². The summed E-state index contributed by atoms with van der Waals surface area (Å²) in [6.07, 6.45) is -1.20. The van der Waals surface area contributed by atoms with Gasteiger partial charge in [0.1, 0.15) is 0 Å².